The van der Waals surface area contributed by atoms with Crippen molar-refractivity contribution in [1.82, 2.24) is 0 Å². The minimum absolute atomic E-state index is 0.143. The van der Waals surface area contributed by atoms with Crippen LogP contribution < -0.4 is 4.90 Å². The number of hydrogen-bond acceptors (Lipinski definition) is 3. The Kier molecular flexibility index (Phi) is 2.76. The number of nitrogens with zero attached hydrogens (tertiary/aromatic N) is 2. The standard InChI is InChI=1S/C15H18N2O/c1-10-2-3-11(7-16)14(6-10)17-8-12-4-5-15(18)13(12)9-17/h2-3,6,12-13,15,18H,4-5,8-9H2,1H3. The minimum Gasteiger partial charge on any atom is -0.393 e. The number of anilines is 1. The van der Waals surface area contributed by atoms with E-state index in [0.717, 1.165) is 37.2 Å². The van der Waals surface area contributed by atoms with E-state index in [-0.39, 0.29) is 6.10 Å². The molecule has 3 rings (SSSR count). The maximum atomic E-state index is 9.95. The summed E-state index contributed by atoms with van der Waals surface area (Å²) in [4.78, 5) is 2.28. The number of nitriles is 1. The molecule has 1 aromatic rings. The van der Waals surface area contributed by atoms with Crippen molar-refractivity contribution in [2.24, 2.45) is 11.8 Å². The molecular weight excluding hydrogens is 224 g/mol. The molecule has 0 bridgehead atoms. The van der Waals surface area contributed by atoms with Gasteiger partial charge >= 0.3 is 0 Å². The molecule has 1 N–H and O–H groups in total. The van der Waals surface area contributed by atoms with Crippen LogP contribution in [-0.2, 0) is 0 Å². The minimum atomic E-state index is -0.143. The zero-order valence-electron chi connectivity index (χ0n) is 10.6. The van der Waals surface area contributed by atoms with Crippen molar-refractivity contribution >= 4 is 5.69 Å². The highest BCUT2D eigenvalue weighted by Crippen LogP contribution is 2.40. The molecule has 1 heterocycles. The topological polar surface area (TPSA) is 47.3 Å². The fourth-order valence-electron chi connectivity index (χ4n) is 3.43. The molecule has 1 aliphatic heterocycles. The van der Waals surface area contributed by atoms with Crippen LogP contribution in [0.25, 0.3) is 0 Å². The van der Waals surface area contributed by atoms with Crippen molar-refractivity contribution in [3.63, 3.8) is 0 Å². The first-order valence-electron chi connectivity index (χ1n) is 6.63. The largest absolute Gasteiger partial charge is 0.393 e. The molecular formula is C15H18N2O. The second-order valence-corrected chi connectivity index (χ2v) is 5.61. The number of aryl methyl sites for hydroxylation is 1. The number of rotatable bonds is 1. The fraction of sp³-hybridized carbons (Fsp3) is 0.533. The zero-order chi connectivity index (χ0) is 12.7. The van der Waals surface area contributed by atoms with Gasteiger partial charge < -0.3 is 10.0 Å². The molecule has 0 spiro atoms. The second kappa shape index (κ2) is 4.29. The van der Waals surface area contributed by atoms with E-state index in [1.54, 1.807) is 0 Å². The maximum absolute atomic E-state index is 9.95. The fourth-order valence-corrected chi connectivity index (χ4v) is 3.43. The summed E-state index contributed by atoms with van der Waals surface area (Å²) in [6, 6.07) is 8.24. The van der Waals surface area contributed by atoms with E-state index >= 15 is 0 Å². The number of hydrogen-bond donors (Lipinski definition) is 1. The third-order valence-electron chi connectivity index (χ3n) is 4.43. The zero-order valence-corrected chi connectivity index (χ0v) is 10.6. The number of benzene rings is 1. The molecule has 0 aromatic heterocycles. The predicted octanol–water partition coefficient (Wildman–Crippen LogP) is 2.07. The molecule has 3 atom stereocenters. The Hall–Kier alpha value is -1.53. The summed E-state index contributed by atoms with van der Waals surface area (Å²) in [5, 5.41) is 19.2. The lowest BCUT2D eigenvalue weighted by molar-refractivity contribution is 0.133. The lowest BCUT2D eigenvalue weighted by atomic mass is 10.00. The summed E-state index contributed by atoms with van der Waals surface area (Å²) in [5.41, 5.74) is 2.97. The van der Waals surface area contributed by atoms with Crippen molar-refractivity contribution in [3.8, 4) is 6.07 Å². The van der Waals surface area contributed by atoms with Crippen LogP contribution in [0.15, 0.2) is 18.2 Å². The maximum Gasteiger partial charge on any atom is 0.101 e. The average Bonchev–Trinajstić information content (AvgIpc) is 2.92. The highest BCUT2D eigenvalue weighted by molar-refractivity contribution is 5.61. The quantitative estimate of drug-likeness (QED) is 0.820. The molecule has 2 aliphatic rings. The van der Waals surface area contributed by atoms with E-state index in [2.05, 4.69) is 24.0 Å². The summed E-state index contributed by atoms with van der Waals surface area (Å²) >= 11 is 0. The van der Waals surface area contributed by atoms with E-state index < -0.39 is 0 Å². The Morgan fingerprint density at radius 2 is 2.17 bits per heavy atom. The van der Waals surface area contributed by atoms with Gasteiger partial charge in [-0.2, -0.15) is 5.26 Å². The first-order valence-corrected chi connectivity index (χ1v) is 6.63. The third-order valence-corrected chi connectivity index (χ3v) is 4.43. The Morgan fingerprint density at radius 3 is 2.89 bits per heavy atom. The molecule has 1 saturated carbocycles. The van der Waals surface area contributed by atoms with Crippen molar-refractivity contribution in [3.05, 3.63) is 29.3 Å². The molecule has 94 valence electrons. The smallest absolute Gasteiger partial charge is 0.101 e. The lowest BCUT2D eigenvalue weighted by Crippen LogP contribution is -2.25. The summed E-state index contributed by atoms with van der Waals surface area (Å²) < 4.78 is 0. The van der Waals surface area contributed by atoms with Crippen LogP contribution in [-0.4, -0.2) is 24.3 Å². The van der Waals surface area contributed by atoms with Crippen LogP contribution in [0.5, 0.6) is 0 Å². The van der Waals surface area contributed by atoms with Gasteiger partial charge in [0.05, 0.1) is 17.4 Å². The van der Waals surface area contributed by atoms with Crippen LogP contribution in [0.2, 0.25) is 0 Å². The summed E-state index contributed by atoms with van der Waals surface area (Å²) in [6.07, 6.45) is 1.92. The van der Waals surface area contributed by atoms with Gasteiger partial charge in [0.1, 0.15) is 6.07 Å². The van der Waals surface area contributed by atoms with E-state index in [1.165, 1.54) is 5.56 Å². The summed E-state index contributed by atoms with van der Waals surface area (Å²) in [6.45, 7) is 3.93. The van der Waals surface area contributed by atoms with Crippen molar-refractivity contribution in [1.29, 1.82) is 5.26 Å². The van der Waals surface area contributed by atoms with Crippen molar-refractivity contribution in [2.45, 2.75) is 25.9 Å². The van der Waals surface area contributed by atoms with E-state index in [0.29, 0.717) is 11.8 Å². The first kappa shape index (κ1) is 11.6. The highest BCUT2D eigenvalue weighted by Gasteiger charge is 2.42. The SMILES string of the molecule is Cc1ccc(C#N)c(N2CC3CCC(O)C3C2)c1. The Balaban J connectivity index is 1.89. The molecule has 3 unspecified atom stereocenters. The van der Waals surface area contributed by atoms with E-state index in [1.807, 2.05) is 12.1 Å². The van der Waals surface area contributed by atoms with Gasteiger partial charge in [0.2, 0.25) is 0 Å². The lowest BCUT2D eigenvalue weighted by Gasteiger charge is -2.22. The van der Waals surface area contributed by atoms with Crippen molar-refractivity contribution < 1.29 is 5.11 Å². The third kappa shape index (κ3) is 1.77. The van der Waals surface area contributed by atoms with Gasteiger partial charge in [0.15, 0.2) is 0 Å². The van der Waals surface area contributed by atoms with Gasteiger partial charge in [-0.05, 0) is 43.4 Å². The monoisotopic (exact) mass is 242 g/mol. The van der Waals surface area contributed by atoms with Crippen LogP contribution in [0, 0.1) is 30.1 Å². The van der Waals surface area contributed by atoms with Crippen molar-refractivity contribution in [2.75, 3.05) is 18.0 Å². The Bertz CT molecular complexity index is 506. The number of fused-ring (bicyclic) bond motifs is 1. The van der Waals surface area contributed by atoms with Crippen LogP contribution in [0.1, 0.15) is 24.0 Å². The summed E-state index contributed by atoms with van der Waals surface area (Å²) in [7, 11) is 0. The van der Waals surface area contributed by atoms with Gasteiger partial charge in [-0.15, -0.1) is 0 Å². The molecule has 0 radical (unpaired) electrons. The van der Waals surface area contributed by atoms with E-state index in [4.69, 9.17) is 0 Å². The van der Waals surface area contributed by atoms with Crippen LogP contribution in [0.3, 0.4) is 0 Å². The Morgan fingerprint density at radius 1 is 1.33 bits per heavy atom. The predicted molar refractivity (Wildman–Crippen MR) is 70.3 cm³/mol. The van der Waals surface area contributed by atoms with Gasteiger partial charge in [-0.3, -0.25) is 0 Å². The molecule has 1 saturated heterocycles. The van der Waals surface area contributed by atoms with Gasteiger partial charge in [-0.1, -0.05) is 6.07 Å². The molecule has 1 aliphatic carbocycles. The molecule has 0 amide bonds. The van der Waals surface area contributed by atoms with E-state index in [9.17, 15) is 10.4 Å². The second-order valence-electron chi connectivity index (χ2n) is 5.61. The average molecular weight is 242 g/mol. The van der Waals surface area contributed by atoms with Crippen LogP contribution in [0.4, 0.5) is 5.69 Å². The van der Waals surface area contributed by atoms with Gasteiger partial charge in [-0.25, -0.2) is 0 Å². The van der Waals surface area contributed by atoms with Gasteiger partial charge in [0, 0.05) is 19.0 Å². The first-order chi connectivity index (χ1) is 8.69. The number of aliphatic hydroxyl groups is 1. The molecule has 2 fully saturated rings. The number of aliphatic hydroxyl groups excluding tert-OH is 1. The molecule has 3 nitrogen and oxygen atoms in total. The molecule has 3 heteroatoms. The molecule has 18 heavy (non-hydrogen) atoms. The van der Waals surface area contributed by atoms with Gasteiger partial charge in [0.25, 0.3) is 0 Å². The Labute approximate surface area is 108 Å². The normalized spacial score (nSPS) is 30.3. The summed E-state index contributed by atoms with van der Waals surface area (Å²) in [5.74, 6) is 1.00. The molecule has 1 aromatic carbocycles. The highest BCUT2D eigenvalue weighted by atomic mass is 16.3. The van der Waals surface area contributed by atoms with Crippen LogP contribution >= 0.6 is 0 Å².